The molecule has 0 aliphatic heterocycles. The van der Waals surface area contributed by atoms with Crippen molar-refractivity contribution in [2.45, 2.75) is 6.61 Å². The van der Waals surface area contributed by atoms with E-state index in [4.69, 9.17) is 4.84 Å². The van der Waals surface area contributed by atoms with Crippen molar-refractivity contribution in [3.8, 4) is 0 Å². The average molecular weight is 261 g/mol. The van der Waals surface area contributed by atoms with E-state index < -0.39 is 4.92 Å². The van der Waals surface area contributed by atoms with Crippen LogP contribution >= 0.6 is 0 Å². The SMILES string of the molecule is O=[N+]([O-])c1cc[n+]([O-])cc1NOCc1ccccc1. The van der Waals surface area contributed by atoms with E-state index in [0.29, 0.717) is 4.73 Å². The van der Waals surface area contributed by atoms with Crippen LogP contribution in [-0.2, 0) is 11.4 Å². The third-order valence-corrected chi connectivity index (χ3v) is 2.37. The smallest absolute Gasteiger partial charge is 0.306 e. The maximum absolute atomic E-state index is 11.1. The molecule has 1 aromatic carbocycles. The Labute approximate surface area is 108 Å². The van der Waals surface area contributed by atoms with Crippen LogP contribution in [0.25, 0.3) is 0 Å². The number of benzene rings is 1. The van der Waals surface area contributed by atoms with Crippen molar-refractivity contribution in [2.75, 3.05) is 5.48 Å². The molecule has 0 saturated heterocycles. The zero-order valence-electron chi connectivity index (χ0n) is 9.85. The van der Waals surface area contributed by atoms with Crippen LogP contribution in [-0.4, -0.2) is 4.92 Å². The molecule has 1 N–H and O–H groups in total. The van der Waals surface area contributed by atoms with E-state index >= 15 is 0 Å². The highest BCUT2D eigenvalue weighted by Gasteiger charge is 2.17. The fourth-order valence-corrected chi connectivity index (χ4v) is 1.48. The molecule has 0 spiro atoms. The summed E-state index contributed by atoms with van der Waals surface area (Å²) in [6, 6.07) is 10.4. The van der Waals surface area contributed by atoms with E-state index in [1.807, 2.05) is 30.3 Å². The lowest BCUT2D eigenvalue weighted by atomic mass is 10.2. The van der Waals surface area contributed by atoms with Crippen LogP contribution in [0.2, 0.25) is 0 Å². The van der Waals surface area contributed by atoms with E-state index in [1.165, 1.54) is 0 Å². The molecule has 0 fully saturated rings. The minimum absolute atomic E-state index is 0.0124. The summed E-state index contributed by atoms with van der Waals surface area (Å²) in [5.41, 5.74) is 3.12. The zero-order valence-corrected chi connectivity index (χ0v) is 9.85. The van der Waals surface area contributed by atoms with Crippen molar-refractivity contribution in [1.82, 2.24) is 0 Å². The number of aromatic nitrogens is 1. The van der Waals surface area contributed by atoms with E-state index in [1.54, 1.807) is 0 Å². The molecule has 7 nitrogen and oxygen atoms in total. The average Bonchev–Trinajstić information content (AvgIpc) is 2.39. The first-order valence-corrected chi connectivity index (χ1v) is 5.46. The molecule has 1 aromatic heterocycles. The first kappa shape index (κ1) is 12.8. The number of nitrogens with zero attached hydrogens (tertiary/aromatic N) is 2. The van der Waals surface area contributed by atoms with Gasteiger partial charge in [0.1, 0.15) is 0 Å². The zero-order chi connectivity index (χ0) is 13.7. The summed E-state index contributed by atoms with van der Waals surface area (Å²) in [7, 11) is 0. The van der Waals surface area contributed by atoms with Gasteiger partial charge in [-0.3, -0.25) is 20.4 Å². The summed E-state index contributed by atoms with van der Waals surface area (Å²) in [5.74, 6) is 0. The van der Waals surface area contributed by atoms with Crippen LogP contribution in [0.15, 0.2) is 48.8 Å². The number of anilines is 1. The van der Waals surface area contributed by atoms with Gasteiger partial charge in [0.25, 0.3) is 0 Å². The topological polar surface area (TPSA) is 91.3 Å². The molecule has 0 saturated carbocycles. The van der Waals surface area contributed by atoms with Crippen molar-refractivity contribution in [3.63, 3.8) is 0 Å². The summed E-state index contributed by atoms with van der Waals surface area (Å²) in [6.07, 6.45) is 2.10. The molecule has 2 rings (SSSR count). The van der Waals surface area contributed by atoms with E-state index in [0.717, 1.165) is 24.0 Å². The van der Waals surface area contributed by atoms with Crippen molar-refractivity contribution in [1.29, 1.82) is 0 Å². The Morgan fingerprint density at radius 3 is 2.68 bits per heavy atom. The molecule has 2 aromatic rings. The number of pyridine rings is 1. The Kier molecular flexibility index (Phi) is 3.89. The van der Waals surface area contributed by atoms with Gasteiger partial charge in [-0.2, -0.15) is 4.73 Å². The maximum Gasteiger partial charge on any atom is 0.306 e. The molecule has 0 aliphatic carbocycles. The summed E-state index contributed by atoms with van der Waals surface area (Å²) in [4.78, 5) is 15.3. The second-order valence-corrected chi connectivity index (χ2v) is 3.74. The van der Waals surface area contributed by atoms with Gasteiger partial charge in [0.05, 0.1) is 17.6 Å². The van der Waals surface area contributed by atoms with Crippen molar-refractivity contribution in [3.05, 3.63) is 69.7 Å². The van der Waals surface area contributed by atoms with Gasteiger partial charge in [-0.05, 0) is 5.56 Å². The van der Waals surface area contributed by atoms with Crippen molar-refractivity contribution < 1.29 is 14.5 Å². The lowest BCUT2D eigenvalue weighted by molar-refractivity contribution is -0.605. The molecule has 0 aliphatic rings. The highest BCUT2D eigenvalue weighted by molar-refractivity contribution is 5.56. The quantitative estimate of drug-likeness (QED) is 0.383. The Morgan fingerprint density at radius 1 is 1.26 bits per heavy atom. The highest BCUT2D eigenvalue weighted by atomic mass is 16.6. The van der Waals surface area contributed by atoms with Crippen LogP contribution in [0.3, 0.4) is 0 Å². The van der Waals surface area contributed by atoms with Gasteiger partial charge in [-0.1, -0.05) is 30.3 Å². The van der Waals surface area contributed by atoms with Gasteiger partial charge in [0.15, 0.2) is 6.20 Å². The fourth-order valence-electron chi connectivity index (χ4n) is 1.48. The van der Waals surface area contributed by atoms with Crippen LogP contribution < -0.4 is 10.2 Å². The van der Waals surface area contributed by atoms with Crippen LogP contribution in [0.4, 0.5) is 11.4 Å². The van der Waals surface area contributed by atoms with E-state index in [9.17, 15) is 15.3 Å². The van der Waals surface area contributed by atoms with Gasteiger partial charge >= 0.3 is 5.69 Å². The highest BCUT2D eigenvalue weighted by Crippen LogP contribution is 2.21. The largest absolute Gasteiger partial charge is 0.619 e. The summed E-state index contributed by atoms with van der Waals surface area (Å²) < 4.78 is 0.460. The Balaban J connectivity index is 2.03. The lowest BCUT2D eigenvalue weighted by Gasteiger charge is -2.07. The normalized spacial score (nSPS) is 10.1. The number of rotatable bonds is 5. The molecule has 98 valence electrons. The number of nitro groups is 1. The Morgan fingerprint density at radius 2 is 2.00 bits per heavy atom. The Bertz CT molecular complexity index is 574. The molecule has 0 amide bonds. The first-order valence-electron chi connectivity index (χ1n) is 5.46. The predicted octanol–water partition coefficient (Wildman–Crippen LogP) is 1.77. The maximum atomic E-state index is 11.1. The van der Waals surface area contributed by atoms with Crippen molar-refractivity contribution >= 4 is 11.4 Å². The number of nitrogens with one attached hydrogen (secondary N) is 1. The van der Waals surface area contributed by atoms with Crippen LogP contribution in [0.1, 0.15) is 5.56 Å². The lowest BCUT2D eigenvalue weighted by Crippen LogP contribution is -2.25. The van der Waals surface area contributed by atoms with Gasteiger partial charge in [-0.25, -0.2) is 0 Å². The molecule has 7 heteroatoms. The van der Waals surface area contributed by atoms with Gasteiger partial charge in [0, 0.05) is 0 Å². The molecular formula is C12H11N3O4. The van der Waals surface area contributed by atoms with Crippen LogP contribution in [0, 0.1) is 15.3 Å². The van der Waals surface area contributed by atoms with E-state index in [2.05, 4.69) is 5.48 Å². The van der Waals surface area contributed by atoms with Gasteiger partial charge < -0.3 is 5.21 Å². The third-order valence-electron chi connectivity index (χ3n) is 2.37. The van der Waals surface area contributed by atoms with Gasteiger partial charge in [0.2, 0.25) is 11.9 Å². The van der Waals surface area contributed by atoms with Gasteiger partial charge in [-0.15, -0.1) is 0 Å². The summed E-state index contributed by atoms with van der Waals surface area (Å²) in [6.45, 7) is 0.228. The minimum atomic E-state index is -0.589. The van der Waals surface area contributed by atoms with Crippen molar-refractivity contribution in [2.24, 2.45) is 0 Å². The van der Waals surface area contributed by atoms with Crippen LogP contribution in [0.5, 0.6) is 0 Å². The molecule has 0 atom stereocenters. The molecular weight excluding hydrogens is 250 g/mol. The molecule has 0 radical (unpaired) electrons. The summed E-state index contributed by atoms with van der Waals surface area (Å²) in [5, 5.41) is 21.9. The number of hydrogen-bond donors (Lipinski definition) is 1. The second kappa shape index (κ2) is 5.78. The first-order chi connectivity index (χ1) is 9.16. The molecule has 19 heavy (non-hydrogen) atoms. The third kappa shape index (κ3) is 3.39. The molecule has 0 bridgehead atoms. The fraction of sp³-hybridized carbons (Fsp3) is 0.0833. The summed E-state index contributed by atoms with van der Waals surface area (Å²) >= 11 is 0. The second-order valence-electron chi connectivity index (χ2n) is 3.74. The monoisotopic (exact) mass is 261 g/mol. The minimum Gasteiger partial charge on any atom is -0.619 e. The predicted molar refractivity (Wildman–Crippen MR) is 66.9 cm³/mol. The van der Waals surface area contributed by atoms with E-state index in [-0.39, 0.29) is 18.0 Å². The Hall–Kier alpha value is -2.67. The molecule has 1 heterocycles. The number of hydrogen-bond acceptors (Lipinski definition) is 5. The molecule has 0 unspecified atom stereocenters. The standard InChI is InChI=1S/C12H11N3O4/c16-14-7-6-12(15(17)18)11(8-14)13-19-9-10-4-2-1-3-5-10/h1-8,13H,9H2.